The highest BCUT2D eigenvalue weighted by Crippen LogP contribution is 2.23. The zero-order valence-corrected chi connectivity index (χ0v) is 16.8. The minimum Gasteiger partial charge on any atom is -0.355 e. The highest BCUT2D eigenvalue weighted by Gasteiger charge is 2.18. The van der Waals surface area contributed by atoms with Gasteiger partial charge in [0, 0.05) is 13.1 Å². The van der Waals surface area contributed by atoms with Crippen LogP contribution in [0.1, 0.15) is 46.0 Å². The summed E-state index contributed by atoms with van der Waals surface area (Å²) in [6, 6.07) is 7.34. The van der Waals surface area contributed by atoms with Gasteiger partial charge in [-0.2, -0.15) is 0 Å². The highest BCUT2D eigenvalue weighted by molar-refractivity contribution is 8.00. The van der Waals surface area contributed by atoms with Gasteiger partial charge in [0.25, 0.3) is 5.56 Å². The molecule has 0 aliphatic heterocycles. The number of fused-ring (bicyclic) bond motifs is 1. The molecule has 1 aromatic carbocycles. The zero-order chi connectivity index (χ0) is 19.2. The molecule has 144 valence electrons. The third-order valence-electron chi connectivity index (χ3n) is 4.92. The van der Waals surface area contributed by atoms with E-state index in [9.17, 15) is 9.59 Å². The third kappa shape index (κ3) is 4.80. The number of carbonyl (C=O) groups is 1. The topological polar surface area (TPSA) is 64.0 Å². The number of carbonyl (C=O) groups excluding carboxylic acids is 1. The van der Waals surface area contributed by atoms with Gasteiger partial charge in [-0.3, -0.25) is 14.2 Å². The number of allylic oxidation sites excluding steroid dienone is 1. The van der Waals surface area contributed by atoms with Crippen molar-refractivity contribution in [2.45, 2.75) is 62.9 Å². The van der Waals surface area contributed by atoms with Crippen LogP contribution in [0.15, 0.2) is 45.9 Å². The van der Waals surface area contributed by atoms with E-state index >= 15 is 0 Å². The summed E-state index contributed by atoms with van der Waals surface area (Å²) >= 11 is 1.34. The molecule has 0 radical (unpaired) electrons. The lowest BCUT2D eigenvalue weighted by Crippen LogP contribution is -2.33. The van der Waals surface area contributed by atoms with E-state index < -0.39 is 0 Å². The summed E-state index contributed by atoms with van der Waals surface area (Å²) in [7, 11) is 0. The van der Waals surface area contributed by atoms with Crippen molar-refractivity contribution in [2.24, 2.45) is 0 Å². The Morgan fingerprint density at radius 2 is 2.15 bits per heavy atom. The molecule has 1 atom stereocenters. The molecule has 1 heterocycles. The minimum atomic E-state index is -0.309. The average Bonchev–Trinajstić information content (AvgIpc) is 2.69. The predicted molar refractivity (Wildman–Crippen MR) is 111 cm³/mol. The molecule has 0 fully saturated rings. The van der Waals surface area contributed by atoms with Crippen LogP contribution in [0.4, 0.5) is 0 Å². The molecule has 3 rings (SSSR count). The molecule has 5 nitrogen and oxygen atoms in total. The number of amides is 1. The number of hydrogen-bond acceptors (Lipinski definition) is 4. The predicted octanol–water partition coefficient (Wildman–Crippen LogP) is 3.90. The Morgan fingerprint density at radius 3 is 2.89 bits per heavy atom. The van der Waals surface area contributed by atoms with Gasteiger partial charge in [-0.25, -0.2) is 4.98 Å². The molecule has 1 aliphatic carbocycles. The second-order valence-electron chi connectivity index (χ2n) is 6.87. The maximum Gasteiger partial charge on any atom is 0.262 e. The Kier molecular flexibility index (Phi) is 6.72. The Labute approximate surface area is 164 Å². The number of hydrogen-bond donors (Lipinski definition) is 1. The number of aromatic nitrogens is 2. The van der Waals surface area contributed by atoms with E-state index in [0.29, 0.717) is 29.1 Å². The third-order valence-corrected chi connectivity index (χ3v) is 6.01. The Hall–Kier alpha value is -2.08. The molecule has 0 unspecified atom stereocenters. The molecule has 0 bridgehead atoms. The summed E-state index contributed by atoms with van der Waals surface area (Å²) in [4.78, 5) is 29.8. The van der Waals surface area contributed by atoms with Crippen LogP contribution in [0, 0.1) is 0 Å². The molecule has 1 aromatic heterocycles. The van der Waals surface area contributed by atoms with Crippen molar-refractivity contribution in [3.05, 3.63) is 46.3 Å². The van der Waals surface area contributed by atoms with Crippen molar-refractivity contribution in [3.8, 4) is 0 Å². The van der Waals surface area contributed by atoms with E-state index in [1.165, 1.54) is 30.2 Å². The quantitative estimate of drug-likeness (QED) is 0.446. The van der Waals surface area contributed by atoms with Crippen LogP contribution in [0.5, 0.6) is 0 Å². The molecule has 1 N–H and O–H groups in total. The van der Waals surface area contributed by atoms with Crippen molar-refractivity contribution in [2.75, 3.05) is 6.54 Å². The van der Waals surface area contributed by atoms with E-state index in [1.54, 1.807) is 10.6 Å². The van der Waals surface area contributed by atoms with Crippen molar-refractivity contribution >= 4 is 28.6 Å². The van der Waals surface area contributed by atoms with Crippen LogP contribution in [0.2, 0.25) is 0 Å². The van der Waals surface area contributed by atoms with Gasteiger partial charge in [0.15, 0.2) is 5.16 Å². The van der Waals surface area contributed by atoms with Gasteiger partial charge in [-0.05, 0) is 58.1 Å². The summed E-state index contributed by atoms with van der Waals surface area (Å²) in [5, 5.41) is 3.92. The summed E-state index contributed by atoms with van der Waals surface area (Å²) < 4.78 is 1.64. The number of thioether (sulfide) groups is 1. The van der Waals surface area contributed by atoms with Gasteiger partial charge < -0.3 is 5.32 Å². The van der Waals surface area contributed by atoms with Gasteiger partial charge in [-0.1, -0.05) is 35.5 Å². The lowest BCUT2D eigenvalue weighted by atomic mass is 9.97. The first kappa shape index (κ1) is 19.7. The average molecular weight is 386 g/mol. The lowest BCUT2D eigenvalue weighted by Gasteiger charge is -2.16. The molecule has 0 spiro atoms. The normalized spacial score (nSPS) is 15.4. The van der Waals surface area contributed by atoms with Gasteiger partial charge >= 0.3 is 0 Å². The van der Waals surface area contributed by atoms with Crippen LogP contribution in [-0.4, -0.2) is 27.3 Å². The maximum atomic E-state index is 12.7. The molecule has 0 saturated heterocycles. The second kappa shape index (κ2) is 9.22. The van der Waals surface area contributed by atoms with E-state index in [1.807, 2.05) is 32.0 Å². The molecule has 1 aliphatic rings. The largest absolute Gasteiger partial charge is 0.355 e. The molecule has 27 heavy (non-hydrogen) atoms. The first-order chi connectivity index (χ1) is 13.1. The fraction of sp³-hybridized carbons (Fsp3) is 0.476. The number of para-hydroxylation sites is 1. The monoisotopic (exact) mass is 385 g/mol. The Morgan fingerprint density at radius 1 is 1.33 bits per heavy atom. The van der Waals surface area contributed by atoms with Crippen molar-refractivity contribution in [1.29, 1.82) is 0 Å². The second-order valence-corrected chi connectivity index (χ2v) is 8.18. The lowest BCUT2D eigenvalue weighted by molar-refractivity contribution is -0.120. The Balaban J connectivity index is 1.66. The van der Waals surface area contributed by atoms with Crippen LogP contribution in [-0.2, 0) is 11.3 Å². The van der Waals surface area contributed by atoms with Gasteiger partial charge in [0.05, 0.1) is 16.2 Å². The van der Waals surface area contributed by atoms with E-state index in [-0.39, 0.29) is 16.7 Å². The summed E-state index contributed by atoms with van der Waals surface area (Å²) in [6.07, 6.45) is 8.10. The van der Waals surface area contributed by atoms with Crippen LogP contribution in [0.25, 0.3) is 10.9 Å². The van der Waals surface area contributed by atoms with Crippen molar-refractivity contribution in [3.63, 3.8) is 0 Å². The van der Waals surface area contributed by atoms with Crippen molar-refractivity contribution in [1.82, 2.24) is 14.9 Å². The number of nitrogens with one attached hydrogen (secondary N) is 1. The fourth-order valence-corrected chi connectivity index (χ4v) is 4.35. The summed E-state index contributed by atoms with van der Waals surface area (Å²) in [6.45, 7) is 4.98. The zero-order valence-electron chi connectivity index (χ0n) is 16.0. The van der Waals surface area contributed by atoms with E-state index in [4.69, 9.17) is 0 Å². The SMILES string of the molecule is CCn1c(S[C@H](C)C(=O)NCCC2=CCCCC2)nc2ccccc2c1=O. The van der Waals surface area contributed by atoms with Crippen LogP contribution >= 0.6 is 11.8 Å². The van der Waals surface area contributed by atoms with Crippen molar-refractivity contribution < 1.29 is 4.79 Å². The van der Waals surface area contributed by atoms with Gasteiger partial charge in [0.1, 0.15) is 0 Å². The molecule has 0 saturated carbocycles. The van der Waals surface area contributed by atoms with E-state index in [2.05, 4.69) is 16.4 Å². The molecule has 1 amide bonds. The van der Waals surface area contributed by atoms with Gasteiger partial charge in [0.2, 0.25) is 5.91 Å². The molecular weight excluding hydrogens is 358 g/mol. The smallest absolute Gasteiger partial charge is 0.262 e. The first-order valence-electron chi connectivity index (χ1n) is 9.72. The Bertz CT molecular complexity index is 904. The molecule has 2 aromatic rings. The minimum absolute atomic E-state index is 0.0125. The summed E-state index contributed by atoms with van der Waals surface area (Å²) in [5.41, 5.74) is 2.08. The fourth-order valence-electron chi connectivity index (χ4n) is 3.35. The van der Waals surface area contributed by atoms with Crippen LogP contribution in [0.3, 0.4) is 0 Å². The first-order valence-corrected chi connectivity index (χ1v) is 10.6. The standard InChI is InChI=1S/C21H27N3O2S/c1-3-24-20(26)17-11-7-8-12-18(17)23-21(24)27-15(2)19(25)22-14-13-16-9-5-4-6-10-16/h7-9,11-12,15H,3-6,10,13-14H2,1-2H3,(H,22,25)/t15-/m1/s1. The number of nitrogens with zero attached hydrogens (tertiary/aromatic N) is 2. The number of rotatable bonds is 7. The van der Waals surface area contributed by atoms with E-state index in [0.717, 1.165) is 19.3 Å². The van der Waals surface area contributed by atoms with Crippen LogP contribution < -0.4 is 10.9 Å². The summed E-state index contributed by atoms with van der Waals surface area (Å²) in [5.74, 6) is -0.0125. The molecule has 6 heteroatoms. The molecular formula is C21H27N3O2S. The number of benzene rings is 1. The highest BCUT2D eigenvalue weighted by atomic mass is 32.2. The maximum absolute atomic E-state index is 12.7. The van der Waals surface area contributed by atoms with Gasteiger partial charge in [-0.15, -0.1) is 0 Å².